The standard InChI is InChI=1S/C19H34N4O4/c1-19(2,3)27-18(26)20-8-7-16(24)23-13-11-21(12-14-23)15-17(25)22-9-5-4-6-10-22/h4-15H2,1-3H3,(H,20,26). The molecule has 0 bridgehead atoms. The number of alkyl carbamates (subject to hydrolysis) is 1. The number of hydrogen-bond donors (Lipinski definition) is 1. The monoisotopic (exact) mass is 382 g/mol. The van der Waals surface area contributed by atoms with Gasteiger partial charge in [-0.15, -0.1) is 0 Å². The van der Waals surface area contributed by atoms with Crippen molar-refractivity contribution < 1.29 is 19.1 Å². The highest BCUT2D eigenvalue weighted by atomic mass is 16.6. The van der Waals surface area contributed by atoms with E-state index in [0.29, 0.717) is 32.7 Å². The smallest absolute Gasteiger partial charge is 0.407 e. The number of carbonyl (C=O) groups excluding carboxylic acids is 3. The predicted molar refractivity (Wildman–Crippen MR) is 102 cm³/mol. The van der Waals surface area contributed by atoms with Crippen LogP contribution in [-0.2, 0) is 14.3 Å². The van der Waals surface area contributed by atoms with Crippen molar-refractivity contribution in [1.29, 1.82) is 0 Å². The minimum Gasteiger partial charge on any atom is -0.444 e. The minimum absolute atomic E-state index is 0.0214. The van der Waals surface area contributed by atoms with E-state index in [9.17, 15) is 14.4 Å². The molecule has 2 saturated heterocycles. The van der Waals surface area contributed by atoms with E-state index in [1.54, 1.807) is 25.7 Å². The molecular weight excluding hydrogens is 348 g/mol. The predicted octanol–water partition coefficient (Wildman–Crippen LogP) is 1.06. The molecule has 0 aromatic rings. The Kier molecular flexibility index (Phi) is 7.89. The molecule has 0 unspecified atom stereocenters. The average Bonchev–Trinajstić information content (AvgIpc) is 2.61. The van der Waals surface area contributed by atoms with Gasteiger partial charge in [-0.1, -0.05) is 0 Å². The second kappa shape index (κ2) is 9.92. The van der Waals surface area contributed by atoms with E-state index in [1.807, 2.05) is 4.90 Å². The third kappa shape index (κ3) is 7.74. The first-order valence-corrected chi connectivity index (χ1v) is 9.99. The number of hydrogen-bond acceptors (Lipinski definition) is 5. The maximum Gasteiger partial charge on any atom is 0.407 e. The molecule has 3 amide bonds. The Hall–Kier alpha value is -1.83. The SMILES string of the molecule is CC(C)(C)OC(=O)NCCC(=O)N1CCN(CC(=O)N2CCCCC2)CC1. The van der Waals surface area contributed by atoms with Gasteiger partial charge in [0.25, 0.3) is 0 Å². The summed E-state index contributed by atoms with van der Waals surface area (Å²) in [6, 6.07) is 0. The maximum atomic E-state index is 12.3. The van der Waals surface area contributed by atoms with Crippen LogP contribution >= 0.6 is 0 Å². The fourth-order valence-corrected chi connectivity index (χ4v) is 3.33. The van der Waals surface area contributed by atoms with Crippen LogP contribution in [0, 0.1) is 0 Å². The number of ether oxygens (including phenoxy) is 1. The van der Waals surface area contributed by atoms with Crippen molar-refractivity contribution in [2.45, 2.75) is 52.1 Å². The second-order valence-electron chi connectivity index (χ2n) is 8.28. The fourth-order valence-electron chi connectivity index (χ4n) is 3.33. The van der Waals surface area contributed by atoms with Gasteiger partial charge in [0.05, 0.1) is 6.54 Å². The van der Waals surface area contributed by atoms with E-state index in [-0.39, 0.29) is 24.8 Å². The Morgan fingerprint density at radius 2 is 1.44 bits per heavy atom. The summed E-state index contributed by atoms with van der Waals surface area (Å²) < 4.78 is 5.15. The number of nitrogens with zero attached hydrogens (tertiary/aromatic N) is 3. The zero-order chi connectivity index (χ0) is 19.9. The van der Waals surface area contributed by atoms with Crippen molar-refractivity contribution >= 4 is 17.9 Å². The molecule has 8 nitrogen and oxygen atoms in total. The van der Waals surface area contributed by atoms with Gasteiger partial charge in [0, 0.05) is 52.2 Å². The van der Waals surface area contributed by atoms with Crippen LogP contribution in [0.25, 0.3) is 0 Å². The van der Waals surface area contributed by atoms with Gasteiger partial charge in [0.1, 0.15) is 5.60 Å². The van der Waals surface area contributed by atoms with Gasteiger partial charge in [-0.3, -0.25) is 14.5 Å². The van der Waals surface area contributed by atoms with Crippen molar-refractivity contribution in [1.82, 2.24) is 20.0 Å². The fraction of sp³-hybridized carbons (Fsp3) is 0.842. The van der Waals surface area contributed by atoms with Crippen LogP contribution < -0.4 is 5.32 Å². The number of likely N-dealkylation sites (tertiary alicyclic amines) is 1. The molecule has 2 heterocycles. The first-order chi connectivity index (χ1) is 12.7. The number of rotatable bonds is 5. The van der Waals surface area contributed by atoms with Gasteiger partial charge in [0.15, 0.2) is 0 Å². The molecule has 2 rings (SSSR count). The van der Waals surface area contributed by atoms with Crippen molar-refractivity contribution in [3.8, 4) is 0 Å². The lowest BCUT2D eigenvalue weighted by Crippen LogP contribution is -2.52. The van der Waals surface area contributed by atoms with Crippen molar-refractivity contribution in [2.24, 2.45) is 0 Å². The van der Waals surface area contributed by atoms with Gasteiger partial charge in [0.2, 0.25) is 11.8 Å². The van der Waals surface area contributed by atoms with Gasteiger partial charge in [-0.05, 0) is 40.0 Å². The molecule has 154 valence electrons. The number of piperidine rings is 1. The van der Waals surface area contributed by atoms with Crippen LogP contribution in [0.2, 0.25) is 0 Å². The van der Waals surface area contributed by atoms with Gasteiger partial charge in [-0.25, -0.2) is 4.79 Å². The van der Waals surface area contributed by atoms with Crippen LogP contribution in [0.5, 0.6) is 0 Å². The molecule has 8 heteroatoms. The van der Waals surface area contributed by atoms with E-state index in [1.165, 1.54) is 6.42 Å². The Bertz CT molecular complexity index is 518. The lowest BCUT2D eigenvalue weighted by atomic mass is 10.1. The van der Waals surface area contributed by atoms with Crippen LogP contribution in [0.1, 0.15) is 46.5 Å². The Balaban J connectivity index is 1.62. The highest BCUT2D eigenvalue weighted by Crippen LogP contribution is 2.10. The third-order valence-corrected chi connectivity index (χ3v) is 4.80. The first kappa shape index (κ1) is 21.5. The van der Waals surface area contributed by atoms with Crippen LogP contribution in [0.4, 0.5) is 4.79 Å². The van der Waals surface area contributed by atoms with E-state index in [2.05, 4.69) is 10.2 Å². The minimum atomic E-state index is -0.546. The molecule has 0 spiro atoms. The maximum absolute atomic E-state index is 12.3. The highest BCUT2D eigenvalue weighted by Gasteiger charge is 2.25. The zero-order valence-electron chi connectivity index (χ0n) is 17.0. The zero-order valence-corrected chi connectivity index (χ0v) is 17.0. The number of piperazine rings is 1. The van der Waals surface area contributed by atoms with Crippen LogP contribution in [-0.4, -0.2) is 90.6 Å². The molecular formula is C19H34N4O4. The second-order valence-corrected chi connectivity index (χ2v) is 8.28. The molecule has 2 aliphatic rings. The Morgan fingerprint density at radius 3 is 2.04 bits per heavy atom. The van der Waals surface area contributed by atoms with Crippen molar-refractivity contribution in [2.75, 3.05) is 52.4 Å². The quantitative estimate of drug-likeness (QED) is 0.769. The summed E-state index contributed by atoms with van der Waals surface area (Å²) in [5.41, 5.74) is -0.546. The van der Waals surface area contributed by atoms with E-state index in [4.69, 9.17) is 4.74 Å². The molecule has 2 fully saturated rings. The number of amides is 3. The van der Waals surface area contributed by atoms with Gasteiger partial charge < -0.3 is 19.9 Å². The largest absolute Gasteiger partial charge is 0.444 e. The first-order valence-electron chi connectivity index (χ1n) is 9.99. The number of nitrogens with one attached hydrogen (secondary N) is 1. The van der Waals surface area contributed by atoms with Crippen molar-refractivity contribution in [3.05, 3.63) is 0 Å². The molecule has 0 saturated carbocycles. The van der Waals surface area contributed by atoms with Crippen LogP contribution in [0.15, 0.2) is 0 Å². The average molecular weight is 383 g/mol. The number of carbonyl (C=O) groups is 3. The Morgan fingerprint density at radius 1 is 0.852 bits per heavy atom. The lowest BCUT2D eigenvalue weighted by molar-refractivity contribution is -0.135. The summed E-state index contributed by atoms with van der Waals surface area (Å²) in [5, 5.41) is 2.61. The van der Waals surface area contributed by atoms with Crippen molar-refractivity contribution in [3.63, 3.8) is 0 Å². The molecule has 0 aliphatic carbocycles. The topological polar surface area (TPSA) is 82.2 Å². The molecule has 2 aliphatic heterocycles. The van der Waals surface area contributed by atoms with Gasteiger partial charge >= 0.3 is 6.09 Å². The Labute approximate surface area is 162 Å². The summed E-state index contributed by atoms with van der Waals surface area (Å²) in [5.74, 6) is 0.226. The summed E-state index contributed by atoms with van der Waals surface area (Å²) in [7, 11) is 0. The molecule has 1 N–H and O–H groups in total. The molecule has 0 aromatic carbocycles. The normalized spacial score (nSPS) is 18.9. The van der Waals surface area contributed by atoms with Gasteiger partial charge in [-0.2, -0.15) is 0 Å². The summed E-state index contributed by atoms with van der Waals surface area (Å²) >= 11 is 0. The third-order valence-electron chi connectivity index (χ3n) is 4.80. The summed E-state index contributed by atoms with van der Waals surface area (Å²) in [4.78, 5) is 42.1. The molecule has 0 atom stereocenters. The van der Waals surface area contributed by atoms with E-state index >= 15 is 0 Å². The van der Waals surface area contributed by atoms with Crippen LogP contribution in [0.3, 0.4) is 0 Å². The summed E-state index contributed by atoms with van der Waals surface area (Å²) in [6.45, 7) is 10.5. The molecule has 0 aromatic heterocycles. The summed E-state index contributed by atoms with van der Waals surface area (Å²) in [6.07, 6.45) is 3.17. The van der Waals surface area contributed by atoms with E-state index < -0.39 is 11.7 Å². The molecule has 0 radical (unpaired) electrons. The molecule has 27 heavy (non-hydrogen) atoms. The highest BCUT2D eigenvalue weighted by molar-refractivity contribution is 5.79. The van der Waals surface area contributed by atoms with E-state index in [0.717, 1.165) is 25.9 Å². The lowest BCUT2D eigenvalue weighted by Gasteiger charge is -2.36.